The molecule has 8 heteroatoms. The van der Waals surface area contributed by atoms with Crippen molar-refractivity contribution in [1.82, 2.24) is 25.4 Å². The number of hydrogen-bond donors (Lipinski definition) is 3. The lowest BCUT2D eigenvalue weighted by Gasteiger charge is -2.03. The van der Waals surface area contributed by atoms with E-state index in [0.29, 0.717) is 36.2 Å². The van der Waals surface area contributed by atoms with Crippen LogP contribution in [0.15, 0.2) is 35.4 Å². The number of fused-ring (bicyclic) bond motifs is 1. The fourth-order valence-corrected chi connectivity index (χ4v) is 2.15. The molecule has 112 valence electrons. The molecule has 1 aromatic carbocycles. The molecule has 8 nitrogen and oxygen atoms in total. The average Bonchev–Trinajstić information content (AvgIpc) is 2.89. The van der Waals surface area contributed by atoms with E-state index in [1.165, 1.54) is 12.4 Å². The number of aromatic nitrogens is 5. The van der Waals surface area contributed by atoms with E-state index >= 15 is 0 Å². The number of nitrogens with one attached hydrogen (secondary N) is 3. The summed E-state index contributed by atoms with van der Waals surface area (Å²) in [6.07, 6.45) is 3.69. The molecule has 3 rings (SSSR count). The minimum atomic E-state index is -0.159. The largest absolute Gasteiger partial charge is 0.352 e. The molecule has 0 aliphatic heterocycles. The molecule has 0 radical (unpaired) electrons. The van der Waals surface area contributed by atoms with E-state index in [2.05, 4.69) is 30.7 Å². The van der Waals surface area contributed by atoms with Gasteiger partial charge in [-0.1, -0.05) is 6.07 Å². The molecule has 0 saturated heterocycles. The summed E-state index contributed by atoms with van der Waals surface area (Å²) in [6.45, 7) is 0.452. The van der Waals surface area contributed by atoms with Gasteiger partial charge < -0.3 is 5.32 Å². The van der Waals surface area contributed by atoms with Crippen LogP contribution in [0.1, 0.15) is 12.0 Å². The molecule has 3 aromatic rings. The van der Waals surface area contributed by atoms with Crippen molar-refractivity contribution >= 4 is 22.6 Å². The van der Waals surface area contributed by atoms with Crippen LogP contribution in [0.5, 0.6) is 0 Å². The van der Waals surface area contributed by atoms with Crippen LogP contribution in [0, 0.1) is 0 Å². The van der Waals surface area contributed by atoms with Crippen molar-refractivity contribution in [2.75, 3.05) is 11.9 Å². The molecule has 0 spiro atoms. The highest BCUT2D eigenvalue weighted by Gasteiger charge is 2.07. The summed E-state index contributed by atoms with van der Waals surface area (Å²) in [5.74, 6) is 0.496. The van der Waals surface area contributed by atoms with Gasteiger partial charge in [0.2, 0.25) is 5.95 Å². The number of H-pyrrole nitrogens is 2. The van der Waals surface area contributed by atoms with Crippen LogP contribution >= 0.6 is 0 Å². The van der Waals surface area contributed by atoms with Crippen molar-refractivity contribution in [2.45, 2.75) is 12.8 Å². The first-order valence-electron chi connectivity index (χ1n) is 6.81. The Morgan fingerprint density at radius 3 is 2.95 bits per heavy atom. The third-order valence-corrected chi connectivity index (χ3v) is 3.21. The molecule has 2 heterocycles. The molecule has 2 aromatic heterocycles. The highest BCUT2D eigenvalue weighted by atomic mass is 16.1. The van der Waals surface area contributed by atoms with Gasteiger partial charge in [0.15, 0.2) is 0 Å². The third-order valence-electron chi connectivity index (χ3n) is 3.21. The Balaban J connectivity index is 1.55. The summed E-state index contributed by atoms with van der Waals surface area (Å²) in [5.41, 5.74) is 1.41. The van der Waals surface area contributed by atoms with Crippen LogP contribution in [0.4, 0.5) is 5.95 Å². The van der Waals surface area contributed by atoms with E-state index in [1.54, 1.807) is 12.1 Å². The minimum absolute atomic E-state index is 0.0913. The first kappa shape index (κ1) is 13.9. The third kappa shape index (κ3) is 3.17. The van der Waals surface area contributed by atoms with Gasteiger partial charge in [0, 0.05) is 19.4 Å². The summed E-state index contributed by atoms with van der Waals surface area (Å²) >= 11 is 0. The monoisotopic (exact) mass is 298 g/mol. The van der Waals surface area contributed by atoms with Gasteiger partial charge in [0.25, 0.3) is 5.56 Å². The molecule has 22 heavy (non-hydrogen) atoms. The molecule has 0 atom stereocenters. The van der Waals surface area contributed by atoms with Gasteiger partial charge in [-0.15, -0.1) is 5.10 Å². The fraction of sp³-hybridized carbons (Fsp3) is 0.214. The molecular weight excluding hydrogens is 284 g/mol. The second-order valence-corrected chi connectivity index (χ2v) is 4.82. The molecule has 0 aliphatic carbocycles. The number of Topliss-reactive ketones (excluding diaryl/α,β-unsaturated/α-hetero) is 1. The summed E-state index contributed by atoms with van der Waals surface area (Å²) in [4.78, 5) is 27.3. The number of ketones is 1. The number of aromatic amines is 2. The molecule has 3 N–H and O–H groups in total. The summed E-state index contributed by atoms with van der Waals surface area (Å²) in [7, 11) is 0. The second-order valence-electron chi connectivity index (χ2n) is 4.82. The SMILES string of the molecule is O=C(CCNc1nccnn1)Cc1ccc2c(=O)[nH][nH]c2c1. The van der Waals surface area contributed by atoms with Crippen LogP contribution in [-0.4, -0.2) is 37.7 Å². The number of rotatable bonds is 6. The van der Waals surface area contributed by atoms with Crippen LogP contribution in [0.25, 0.3) is 10.9 Å². The highest BCUT2D eigenvalue weighted by Crippen LogP contribution is 2.11. The number of anilines is 1. The zero-order valence-electron chi connectivity index (χ0n) is 11.7. The highest BCUT2D eigenvalue weighted by molar-refractivity contribution is 5.84. The predicted octanol–water partition coefficient (Wildman–Crippen LogP) is 0.655. The molecular formula is C14H14N6O2. The van der Waals surface area contributed by atoms with Gasteiger partial charge in [0.1, 0.15) is 5.78 Å². The van der Waals surface area contributed by atoms with Crippen molar-refractivity contribution in [3.8, 4) is 0 Å². The van der Waals surface area contributed by atoms with Crippen LogP contribution in [0.3, 0.4) is 0 Å². The van der Waals surface area contributed by atoms with Crippen molar-refractivity contribution < 1.29 is 4.79 Å². The Hall–Kier alpha value is -3.03. The Kier molecular flexibility index (Phi) is 3.90. The second kappa shape index (κ2) is 6.17. The summed E-state index contributed by atoms with van der Waals surface area (Å²) in [5, 5.41) is 16.3. The Morgan fingerprint density at radius 2 is 2.14 bits per heavy atom. The van der Waals surface area contributed by atoms with E-state index in [9.17, 15) is 9.59 Å². The topological polar surface area (TPSA) is 116 Å². The molecule has 0 saturated carbocycles. The first-order chi connectivity index (χ1) is 10.7. The number of hydrogen-bond acceptors (Lipinski definition) is 6. The molecule has 0 bridgehead atoms. The van der Waals surface area contributed by atoms with Crippen molar-refractivity contribution in [3.05, 3.63) is 46.5 Å². The zero-order chi connectivity index (χ0) is 15.4. The fourth-order valence-electron chi connectivity index (χ4n) is 2.15. The zero-order valence-corrected chi connectivity index (χ0v) is 11.7. The van der Waals surface area contributed by atoms with Crippen molar-refractivity contribution in [1.29, 1.82) is 0 Å². The smallest absolute Gasteiger partial charge is 0.271 e. The quantitative estimate of drug-likeness (QED) is 0.615. The van der Waals surface area contributed by atoms with Gasteiger partial charge in [-0.2, -0.15) is 5.10 Å². The standard InChI is InChI=1S/C14H14N6O2/c21-10(3-4-15-14-16-5-6-17-20-14)7-9-1-2-11-12(8-9)18-19-13(11)22/h1-2,5-6,8H,3-4,7H2,(H,15,16,20)(H2,18,19,22). The minimum Gasteiger partial charge on any atom is -0.352 e. The normalized spacial score (nSPS) is 10.7. The van der Waals surface area contributed by atoms with Gasteiger partial charge in [-0.25, -0.2) is 4.98 Å². The van der Waals surface area contributed by atoms with Gasteiger partial charge in [-0.3, -0.25) is 19.8 Å². The molecule has 0 unspecified atom stereocenters. The van der Waals surface area contributed by atoms with Crippen molar-refractivity contribution in [2.24, 2.45) is 0 Å². The van der Waals surface area contributed by atoms with E-state index in [4.69, 9.17) is 0 Å². The summed E-state index contributed by atoms with van der Waals surface area (Å²) < 4.78 is 0. The number of nitrogens with zero attached hydrogens (tertiary/aromatic N) is 3. The lowest BCUT2D eigenvalue weighted by atomic mass is 10.1. The van der Waals surface area contributed by atoms with Crippen molar-refractivity contribution in [3.63, 3.8) is 0 Å². The summed E-state index contributed by atoms with van der Waals surface area (Å²) in [6, 6.07) is 5.32. The number of benzene rings is 1. The number of carbonyl (C=O) groups is 1. The number of carbonyl (C=O) groups excluding carboxylic acids is 1. The lowest BCUT2D eigenvalue weighted by molar-refractivity contribution is -0.118. The first-order valence-corrected chi connectivity index (χ1v) is 6.81. The Morgan fingerprint density at radius 1 is 1.23 bits per heavy atom. The average molecular weight is 298 g/mol. The van der Waals surface area contributed by atoms with Gasteiger partial charge in [-0.05, 0) is 17.7 Å². The van der Waals surface area contributed by atoms with Gasteiger partial charge in [0.05, 0.1) is 23.3 Å². The maximum absolute atomic E-state index is 12.0. The van der Waals surface area contributed by atoms with E-state index in [-0.39, 0.29) is 11.3 Å². The Labute approximate surface area is 125 Å². The predicted molar refractivity (Wildman–Crippen MR) is 80.6 cm³/mol. The maximum atomic E-state index is 12.0. The van der Waals surface area contributed by atoms with Crippen LogP contribution in [0.2, 0.25) is 0 Å². The maximum Gasteiger partial charge on any atom is 0.271 e. The van der Waals surface area contributed by atoms with E-state index in [1.807, 2.05) is 6.07 Å². The van der Waals surface area contributed by atoms with Gasteiger partial charge >= 0.3 is 0 Å². The Bertz CT molecular complexity index is 839. The van der Waals surface area contributed by atoms with Crippen LogP contribution in [-0.2, 0) is 11.2 Å². The van der Waals surface area contributed by atoms with E-state index < -0.39 is 0 Å². The molecule has 0 fully saturated rings. The van der Waals surface area contributed by atoms with E-state index in [0.717, 1.165) is 5.56 Å². The lowest BCUT2D eigenvalue weighted by Crippen LogP contribution is -2.12. The molecule has 0 amide bonds. The van der Waals surface area contributed by atoms with Crippen LogP contribution < -0.4 is 10.9 Å². The molecule has 0 aliphatic rings.